The molecule has 2 N–H and O–H groups in total. The highest BCUT2D eigenvalue weighted by Gasteiger charge is 1.99. The van der Waals surface area contributed by atoms with E-state index in [4.69, 9.17) is 0 Å². The van der Waals surface area contributed by atoms with Crippen LogP contribution in [-0.4, -0.2) is 38.1 Å². The first-order chi connectivity index (χ1) is 9.26. The average Bonchev–Trinajstić information content (AvgIpc) is 2.82. The lowest BCUT2D eigenvalue weighted by Gasteiger charge is -2.11. The van der Waals surface area contributed by atoms with E-state index in [1.54, 1.807) is 11.3 Å². The summed E-state index contributed by atoms with van der Waals surface area (Å²) in [6, 6.07) is 4.26. The first-order valence-electron chi connectivity index (χ1n) is 6.44. The van der Waals surface area contributed by atoms with Crippen molar-refractivity contribution in [2.75, 3.05) is 32.1 Å². The van der Waals surface area contributed by atoms with E-state index in [2.05, 4.69) is 49.9 Å². The number of thioether (sulfide) groups is 1. The van der Waals surface area contributed by atoms with Crippen LogP contribution in [0, 0.1) is 0 Å². The van der Waals surface area contributed by atoms with Crippen LogP contribution in [0.3, 0.4) is 0 Å². The third-order valence-electron chi connectivity index (χ3n) is 2.58. The Morgan fingerprint density at radius 1 is 1.32 bits per heavy atom. The minimum Gasteiger partial charge on any atom is -0.356 e. The summed E-state index contributed by atoms with van der Waals surface area (Å²) in [6.07, 6.45) is 5.63. The first-order valence-corrected chi connectivity index (χ1v) is 9.44. The molecule has 0 saturated heterocycles. The molecule has 19 heavy (non-hydrogen) atoms. The lowest BCUT2D eigenvalue weighted by atomic mass is 10.3. The van der Waals surface area contributed by atoms with Gasteiger partial charge in [0.25, 0.3) is 0 Å². The molecule has 108 valence electrons. The molecule has 6 heteroatoms. The van der Waals surface area contributed by atoms with Crippen molar-refractivity contribution in [3.8, 4) is 0 Å². The Labute approximate surface area is 132 Å². The van der Waals surface area contributed by atoms with Crippen LogP contribution in [-0.2, 0) is 6.42 Å². The van der Waals surface area contributed by atoms with Crippen molar-refractivity contribution in [3.63, 3.8) is 0 Å². The average molecular weight is 364 g/mol. The number of hydrogen-bond acceptors (Lipinski definition) is 3. The second-order valence-electron chi connectivity index (χ2n) is 4.08. The Morgan fingerprint density at radius 2 is 2.11 bits per heavy atom. The molecule has 0 amide bonds. The van der Waals surface area contributed by atoms with Crippen molar-refractivity contribution in [3.05, 3.63) is 20.8 Å². The summed E-state index contributed by atoms with van der Waals surface area (Å²) in [6.45, 7) is 1.90. The molecule has 0 aliphatic carbocycles. The predicted octanol–water partition coefficient (Wildman–Crippen LogP) is 3.36. The van der Waals surface area contributed by atoms with Gasteiger partial charge in [-0.15, -0.1) is 11.3 Å². The standard InChI is InChI=1S/C13H22BrN3S2/c1-15-13(16-8-3-4-10-18-2)17-9-7-11-5-6-12(14)19-11/h5-6H,3-4,7-10H2,1-2H3,(H2,15,16,17). The molecule has 0 atom stereocenters. The van der Waals surface area contributed by atoms with Crippen LogP contribution < -0.4 is 10.6 Å². The zero-order valence-corrected chi connectivity index (χ0v) is 14.8. The number of halogens is 1. The zero-order valence-electron chi connectivity index (χ0n) is 11.5. The van der Waals surface area contributed by atoms with Crippen LogP contribution >= 0.6 is 39.0 Å². The molecule has 0 fully saturated rings. The largest absolute Gasteiger partial charge is 0.356 e. The minimum atomic E-state index is 0.903. The molecule has 0 spiro atoms. The van der Waals surface area contributed by atoms with E-state index in [1.165, 1.54) is 27.3 Å². The smallest absolute Gasteiger partial charge is 0.190 e. The summed E-state index contributed by atoms with van der Waals surface area (Å²) in [4.78, 5) is 5.61. The molecule has 0 radical (unpaired) electrons. The monoisotopic (exact) mass is 363 g/mol. The van der Waals surface area contributed by atoms with Gasteiger partial charge in [-0.25, -0.2) is 0 Å². The van der Waals surface area contributed by atoms with Crippen molar-refractivity contribution >= 4 is 45.0 Å². The van der Waals surface area contributed by atoms with E-state index in [9.17, 15) is 0 Å². The van der Waals surface area contributed by atoms with Crippen LogP contribution in [0.25, 0.3) is 0 Å². The molecule has 0 bridgehead atoms. The number of thiophene rings is 1. The summed E-state index contributed by atoms with van der Waals surface area (Å²) < 4.78 is 1.19. The summed E-state index contributed by atoms with van der Waals surface area (Å²) in [5, 5.41) is 6.69. The predicted molar refractivity (Wildman–Crippen MR) is 92.7 cm³/mol. The lowest BCUT2D eigenvalue weighted by Crippen LogP contribution is -2.38. The Kier molecular flexibility index (Phi) is 9.38. The summed E-state index contributed by atoms with van der Waals surface area (Å²) in [5.41, 5.74) is 0. The fourth-order valence-electron chi connectivity index (χ4n) is 1.59. The van der Waals surface area contributed by atoms with Gasteiger partial charge in [-0.2, -0.15) is 11.8 Å². The van der Waals surface area contributed by atoms with Crippen LogP contribution in [0.4, 0.5) is 0 Å². The van der Waals surface area contributed by atoms with E-state index < -0.39 is 0 Å². The quantitative estimate of drug-likeness (QED) is 0.422. The van der Waals surface area contributed by atoms with Gasteiger partial charge in [-0.3, -0.25) is 4.99 Å². The molecule has 0 saturated carbocycles. The van der Waals surface area contributed by atoms with E-state index >= 15 is 0 Å². The SMILES string of the molecule is CN=C(NCCCCSC)NCCc1ccc(Br)s1. The van der Waals surface area contributed by atoms with Gasteiger partial charge in [-0.1, -0.05) is 0 Å². The molecule has 1 aromatic heterocycles. The van der Waals surface area contributed by atoms with E-state index in [0.717, 1.165) is 25.5 Å². The Bertz CT molecular complexity index is 380. The van der Waals surface area contributed by atoms with Gasteiger partial charge in [0.2, 0.25) is 0 Å². The highest BCUT2D eigenvalue weighted by Crippen LogP contribution is 2.21. The number of nitrogens with one attached hydrogen (secondary N) is 2. The normalized spacial score (nSPS) is 11.6. The maximum absolute atomic E-state index is 4.23. The van der Waals surface area contributed by atoms with Gasteiger partial charge in [0, 0.05) is 25.0 Å². The summed E-state index contributed by atoms with van der Waals surface area (Å²) in [5.74, 6) is 2.14. The third kappa shape index (κ3) is 7.84. The van der Waals surface area contributed by atoms with Crippen LogP contribution in [0.5, 0.6) is 0 Å². The molecule has 0 aliphatic heterocycles. The molecule has 0 unspecified atom stereocenters. The molecule has 1 heterocycles. The number of aliphatic imine (C=N–C) groups is 1. The maximum atomic E-state index is 4.23. The molecule has 0 aliphatic rings. The van der Waals surface area contributed by atoms with E-state index in [0.29, 0.717) is 0 Å². The van der Waals surface area contributed by atoms with Crippen LogP contribution in [0.2, 0.25) is 0 Å². The Balaban J connectivity index is 2.11. The van der Waals surface area contributed by atoms with Crippen molar-refractivity contribution in [2.24, 2.45) is 4.99 Å². The highest BCUT2D eigenvalue weighted by atomic mass is 79.9. The van der Waals surface area contributed by atoms with Gasteiger partial charge >= 0.3 is 0 Å². The van der Waals surface area contributed by atoms with Gasteiger partial charge in [0.15, 0.2) is 5.96 Å². The van der Waals surface area contributed by atoms with Crippen molar-refractivity contribution in [2.45, 2.75) is 19.3 Å². The molecule has 1 aromatic rings. The van der Waals surface area contributed by atoms with Crippen LogP contribution in [0.1, 0.15) is 17.7 Å². The highest BCUT2D eigenvalue weighted by molar-refractivity contribution is 9.11. The molecular formula is C13H22BrN3S2. The number of hydrogen-bond donors (Lipinski definition) is 2. The second-order valence-corrected chi connectivity index (χ2v) is 7.61. The number of nitrogens with zero attached hydrogens (tertiary/aromatic N) is 1. The minimum absolute atomic E-state index is 0.903. The van der Waals surface area contributed by atoms with Gasteiger partial charge in [0.1, 0.15) is 0 Å². The summed E-state index contributed by atoms with van der Waals surface area (Å²) >= 11 is 7.17. The molecule has 1 rings (SSSR count). The lowest BCUT2D eigenvalue weighted by molar-refractivity contribution is 0.731. The van der Waals surface area contributed by atoms with Crippen LogP contribution in [0.15, 0.2) is 20.9 Å². The molecular weight excluding hydrogens is 342 g/mol. The second kappa shape index (κ2) is 10.6. The Hall–Kier alpha value is -0.200. The van der Waals surface area contributed by atoms with Crippen molar-refractivity contribution < 1.29 is 0 Å². The molecule has 3 nitrogen and oxygen atoms in total. The van der Waals surface area contributed by atoms with Crippen molar-refractivity contribution in [1.82, 2.24) is 10.6 Å². The number of guanidine groups is 1. The van der Waals surface area contributed by atoms with Gasteiger partial charge < -0.3 is 10.6 Å². The fourth-order valence-corrected chi connectivity index (χ4v) is 3.56. The van der Waals surface area contributed by atoms with E-state index in [-0.39, 0.29) is 0 Å². The molecule has 0 aromatic carbocycles. The maximum Gasteiger partial charge on any atom is 0.190 e. The summed E-state index contributed by atoms with van der Waals surface area (Å²) in [7, 11) is 1.82. The van der Waals surface area contributed by atoms with Crippen molar-refractivity contribution in [1.29, 1.82) is 0 Å². The Morgan fingerprint density at radius 3 is 2.74 bits per heavy atom. The topological polar surface area (TPSA) is 36.4 Å². The third-order valence-corrected chi connectivity index (χ3v) is 4.96. The fraction of sp³-hybridized carbons (Fsp3) is 0.615. The van der Waals surface area contributed by atoms with Gasteiger partial charge in [0.05, 0.1) is 3.79 Å². The van der Waals surface area contributed by atoms with E-state index in [1.807, 2.05) is 18.8 Å². The first kappa shape index (κ1) is 16.9. The van der Waals surface area contributed by atoms with Gasteiger partial charge in [-0.05, 0) is 59.3 Å². The zero-order chi connectivity index (χ0) is 13.9. The number of unbranched alkanes of at least 4 members (excludes halogenated alkanes) is 1. The number of rotatable bonds is 8.